The van der Waals surface area contributed by atoms with Gasteiger partial charge in [0.15, 0.2) is 0 Å². The zero-order valence-electron chi connectivity index (χ0n) is 16.0. The number of benzene rings is 1. The number of epoxide rings is 2. The molecule has 0 bridgehead atoms. The average Bonchev–Trinajstić information content (AvgIpc) is 3.54. The first-order valence-corrected chi connectivity index (χ1v) is 11.4. The molecule has 0 spiro atoms. The molecule has 0 aliphatic carbocycles. The SMILES string of the molecule is CS(=O)(=O)NCC(=O)CCCCc1ccc(OCC2CO2)cc1OCC1CO1. The van der Waals surface area contributed by atoms with Crippen molar-refractivity contribution in [3.63, 3.8) is 0 Å². The highest BCUT2D eigenvalue weighted by molar-refractivity contribution is 7.88. The Bertz CT molecular complexity index is 772. The fraction of sp³-hybridized carbons (Fsp3) is 0.632. The van der Waals surface area contributed by atoms with Crippen molar-refractivity contribution >= 4 is 15.8 Å². The largest absolute Gasteiger partial charge is 0.491 e. The van der Waals surface area contributed by atoms with Gasteiger partial charge in [0.05, 0.1) is 26.0 Å². The summed E-state index contributed by atoms with van der Waals surface area (Å²) in [4.78, 5) is 11.7. The van der Waals surface area contributed by atoms with Crippen LogP contribution in [0.4, 0.5) is 0 Å². The van der Waals surface area contributed by atoms with E-state index in [1.807, 2.05) is 18.2 Å². The number of Topliss-reactive ketones (excluding diaryl/α,β-unsaturated/α-hetero) is 1. The number of hydrogen-bond acceptors (Lipinski definition) is 7. The van der Waals surface area contributed by atoms with E-state index in [1.165, 1.54) is 0 Å². The van der Waals surface area contributed by atoms with Crippen molar-refractivity contribution in [2.75, 3.05) is 39.2 Å². The summed E-state index contributed by atoms with van der Waals surface area (Å²) >= 11 is 0. The van der Waals surface area contributed by atoms with E-state index in [0.29, 0.717) is 26.1 Å². The quantitative estimate of drug-likeness (QED) is 0.359. The van der Waals surface area contributed by atoms with E-state index in [0.717, 1.165) is 49.4 Å². The van der Waals surface area contributed by atoms with E-state index in [4.69, 9.17) is 18.9 Å². The van der Waals surface area contributed by atoms with Gasteiger partial charge in [-0.25, -0.2) is 13.1 Å². The monoisotopic (exact) mass is 413 g/mol. The maximum atomic E-state index is 11.7. The van der Waals surface area contributed by atoms with Gasteiger partial charge in [-0.05, 0) is 30.9 Å². The number of carbonyl (C=O) groups excluding carboxylic acids is 1. The minimum atomic E-state index is -3.33. The van der Waals surface area contributed by atoms with Crippen molar-refractivity contribution in [3.8, 4) is 11.5 Å². The zero-order valence-corrected chi connectivity index (χ0v) is 16.8. The predicted molar refractivity (Wildman–Crippen MR) is 102 cm³/mol. The molecule has 8 nitrogen and oxygen atoms in total. The summed E-state index contributed by atoms with van der Waals surface area (Å²) in [5.41, 5.74) is 1.05. The minimum Gasteiger partial charge on any atom is -0.491 e. The number of nitrogens with one attached hydrogen (secondary N) is 1. The number of ether oxygens (including phenoxy) is 4. The molecule has 28 heavy (non-hydrogen) atoms. The molecule has 0 radical (unpaired) electrons. The fourth-order valence-corrected chi connectivity index (χ4v) is 3.03. The summed E-state index contributed by atoms with van der Waals surface area (Å²) in [7, 11) is -3.33. The van der Waals surface area contributed by atoms with Crippen LogP contribution in [-0.4, -0.2) is 65.6 Å². The van der Waals surface area contributed by atoms with Gasteiger partial charge in [-0.3, -0.25) is 4.79 Å². The second-order valence-electron chi connectivity index (χ2n) is 7.14. The third-order valence-electron chi connectivity index (χ3n) is 4.39. The van der Waals surface area contributed by atoms with Crippen LogP contribution in [0.1, 0.15) is 24.8 Å². The highest BCUT2D eigenvalue weighted by atomic mass is 32.2. The molecule has 1 N–H and O–H groups in total. The van der Waals surface area contributed by atoms with Gasteiger partial charge in [-0.15, -0.1) is 0 Å². The lowest BCUT2D eigenvalue weighted by molar-refractivity contribution is -0.118. The molecule has 0 saturated carbocycles. The van der Waals surface area contributed by atoms with Gasteiger partial charge in [0.2, 0.25) is 10.0 Å². The summed E-state index contributed by atoms with van der Waals surface area (Å²) in [6.07, 6.45) is 4.00. The number of rotatable bonds is 14. The maximum Gasteiger partial charge on any atom is 0.209 e. The topological polar surface area (TPSA) is 107 Å². The molecule has 2 heterocycles. The van der Waals surface area contributed by atoms with Gasteiger partial charge in [-0.1, -0.05) is 6.07 Å². The first-order chi connectivity index (χ1) is 13.4. The van der Waals surface area contributed by atoms with Gasteiger partial charge in [0.1, 0.15) is 42.7 Å². The summed E-state index contributed by atoms with van der Waals surface area (Å²) in [6.45, 7) is 2.38. The van der Waals surface area contributed by atoms with Crippen molar-refractivity contribution < 1.29 is 32.2 Å². The third-order valence-corrected chi connectivity index (χ3v) is 5.06. The Hall–Kier alpha value is -1.68. The Kier molecular flexibility index (Phi) is 7.28. The van der Waals surface area contributed by atoms with Crippen molar-refractivity contribution in [1.29, 1.82) is 0 Å². The van der Waals surface area contributed by atoms with Crippen LogP contribution in [0.3, 0.4) is 0 Å². The van der Waals surface area contributed by atoms with Gasteiger partial charge in [0.25, 0.3) is 0 Å². The molecule has 156 valence electrons. The molecule has 3 rings (SSSR count). The summed E-state index contributed by atoms with van der Waals surface area (Å²) in [6, 6.07) is 5.79. The van der Waals surface area contributed by atoms with Crippen LogP contribution >= 0.6 is 0 Å². The smallest absolute Gasteiger partial charge is 0.209 e. The van der Waals surface area contributed by atoms with E-state index >= 15 is 0 Å². The van der Waals surface area contributed by atoms with E-state index in [9.17, 15) is 13.2 Å². The number of ketones is 1. The van der Waals surface area contributed by atoms with Crippen LogP contribution in [-0.2, 0) is 30.7 Å². The zero-order chi connectivity index (χ0) is 20.0. The van der Waals surface area contributed by atoms with Crippen LogP contribution in [0.2, 0.25) is 0 Å². The summed E-state index contributed by atoms with van der Waals surface area (Å²) in [5, 5.41) is 0. The lowest BCUT2D eigenvalue weighted by Gasteiger charge is -2.13. The van der Waals surface area contributed by atoms with Crippen LogP contribution in [0.15, 0.2) is 18.2 Å². The Morgan fingerprint density at radius 1 is 1.14 bits per heavy atom. The first kappa shape index (κ1) is 21.0. The predicted octanol–water partition coefficient (Wildman–Crippen LogP) is 1.07. The molecule has 1 aromatic carbocycles. The molecule has 2 saturated heterocycles. The van der Waals surface area contributed by atoms with E-state index in [2.05, 4.69) is 4.72 Å². The second-order valence-corrected chi connectivity index (χ2v) is 8.97. The normalized spacial score (nSPS) is 20.6. The lowest BCUT2D eigenvalue weighted by atomic mass is 10.0. The lowest BCUT2D eigenvalue weighted by Crippen LogP contribution is -2.28. The molecule has 0 amide bonds. The Morgan fingerprint density at radius 2 is 1.82 bits per heavy atom. The Morgan fingerprint density at radius 3 is 2.46 bits per heavy atom. The third kappa shape index (κ3) is 8.14. The molecule has 0 aromatic heterocycles. The Balaban J connectivity index is 1.45. The summed E-state index contributed by atoms with van der Waals surface area (Å²) < 4.78 is 46.2. The Labute approximate surface area is 165 Å². The van der Waals surface area contributed by atoms with Crippen molar-refractivity contribution in [2.45, 2.75) is 37.9 Å². The van der Waals surface area contributed by atoms with E-state index in [1.54, 1.807) is 0 Å². The van der Waals surface area contributed by atoms with Crippen molar-refractivity contribution in [3.05, 3.63) is 23.8 Å². The number of carbonyl (C=O) groups is 1. The van der Waals surface area contributed by atoms with Gasteiger partial charge >= 0.3 is 0 Å². The van der Waals surface area contributed by atoms with Gasteiger partial charge in [0, 0.05) is 12.5 Å². The molecule has 2 aliphatic rings. The van der Waals surface area contributed by atoms with E-state index < -0.39 is 10.0 Å². The highest BCUT2D eigenvalue weighted by Crippen LogP contribution is 2.28. The van der Waals surface area contributed by atoms with Gasteiger partial charge in [-0.2, -0.15) is 0 Å². The molecule has 2 fully saturated rings. The van der Waals surface area contributed by atoms with Crippen molar-refractivity contribution in [2.24, 2.45) is 0 Å². The number of hydrogen-bond donors (Lipinski definition) is 1. The standard InChI is InChI=1S/C19H27NO7S/c1-28(22,23)20-9-15(21)5-3-2-4-14-6-7-16(24-10-17-11-25-17)8-19(14)27-13-18-12-26-18/h6-8,17-18,20H,2-5,9-13H2,1H3. The second kappa shape index (κ2) is 9.69. The molecular weight excluding hydrogens is 386 g/mol. The first-order valence-electron chi connectivity index (χ1n) is 9.47. The number of unbranched alkanes of at least 4 members (excludes halogenated alkanes) is 1. The van der Waals surface area contributed by atoms with Crippen LogP contribution in [0.25, 0.3) is 0 Å². The van der Waals surface area contributed by atoms with E-state index in [-0.39, 0.29) is 24.5 Å². The number of aryl methyl sites for hydroxylation is 1. The molecule has 1 aromatic rings. The van der Waals surface area contributed by atoms with Crippen LogP contribution in [0.5, 0.6) is 11.5 Å². The molecule has 2 unspecified atom stereocenters. The summed E-state index contributed by atoms with van der Waals surface area (Å²) in [5.74, 6) is 1.40. The van der Waals surface area contributed by atoms with Crippen LogP contribution in [0, 0.1) is 0 Å². The van der Waals surface area contributed by atoms with Crippen LogP contribution < -0.4 is 14.2 Å². The fourth-order valence-electron chi connectivity index (χ4n) is 2.60. The number of sulfonamides is 1. The molecular formula is C19H27NO7S. The van der Waals surface area contributed by atoms with Gasteiger partial charge < -0.3 is 18.9 Å². The minimum absolute atomic E-state index is 0.112. The van der Waals surface area contributed by atoms with Crippen molar-refractivity contribution in [1.82, 2.24) is 4.72 Å². The molecule has 2 atom stereocenters. The maximum absolute atomic E-state index is 11.7. The molecule has 9 heteroatoms. The highest BCUT2D eigenvalue weighted by Gasteiger charge is 2.25. The average molecular weight is 413 g/mol. The molecule has 2 aliphatic heterocycles.